The number of fused-ring (bicyclic) bond motifs is 1. The third-order valence-electron chi connectivity index (χ3n) is 2.94. The number of ether oxygens (including phenoxy) is 1. The van der Waals surface area contributed by atoms with Crippen molar-refractivity contribution >= 4 is 22.6 Å². The Morgan fingerprint density at radius 2 is 2.19 bits per heavy atom. The van der Waals surface area contributed by atoms with Crippen LogP contribution >= 0.6 is 11.6 Å². The number of rotatable bonds is 4. The molecule has 0 saturated carbocycles. The van der Waals surface area contributed by atoms with Gasteiger partial charge in [-0.2, -0.15) is 0 Å². The van der Waals surface area contributed by atoms with Crippen LogP contribution in [0, 0.1) is 0 Å². The molecule has 0 spiro atoms. The van der Waals surface area contributed by atoms with E-state index in [1.54, 1.807) is 30.3 Å². The molecular formula is C16H11ClO4. The second kappa shape index (κ2) is 5.50. The number of hydrogen-bond acceptors (Lipinski definition) is 4. The molecule has 106 valence electrons. The Morgan fingerprint density at radius 3 is 2.90 bits per heavy atom. The highest BCUT2D eigenvalue weighted by Gasteiger charge is 2.18. The molecule has 3 aromatic rings. The molecule has 0 bridgehead atoms. The lowest BCUT2D eigenvalue weighted by Gasteiger charge is -2.09. The second-order valence-corrected chi connectivity index (χ2v) is 4.78. The van der Waals surface area contributed by atoms with Gasteiger partial charge in [-0.15, -0.1) is 0 Å². The molecule has 0 unspecified atom stereocenters. The quantitative estimate of drug-likeness (QED) is 0.675. The van der Waals surface area contributed by atoms with Crippen molar-refractivity contribution in [2.24, 2.45) is 0 Å². The molecule has 0 N–H and O–H groups in total. The molecule has 0 amide bonds. The van der Waals surface area contributed by atoms with Gasteiger partial charge in [-0.1, -0.05) is 24.3 Å². The zero-order valence-corrected chi connectivity index (χ0v) is 11.7. The summed E-state index contributed by atoms with van der Waals surface area (Å²) in [6.07, 6.45) is 4.54. The van der Waals surface area contributed by atoms with E-state index >= 15 is 0 Å². The van der Waals surface area contributed by atoms with Crippen molar-refractivity contribution in [2.45, 2.75) is 0 Å². The summed E-state index contributed by atoms with van der Waals surface area (Å²) in [5.41, 5.74) is 0.784. The third kappa shape index (κ3) is 2.45. The Morgan fingerprint density at radius 1 is 1.33 bits per heavy atom. The topological polar surface area (TPSA) is 52.6 Å². The lowest BCUT2D eigenvalue weighted by molar-refractivity contribution is 0.351. The Hall–Kier alpha value is -2.46. The average molecular weight is 303 g/mol. The van der Waals surface area contributed by atoms with Crippen LogP contribution in [0.15, 0.2) is 63.1 Å². The van der Waals surface area contributed by atoms with Gasteiger partial charge in [0.1, 0.15) is 18.5 Å². The molecule has 1 aromatic carbocycles. The van der Waals surface area contributed by atoms with Gasteiger partial charge in [-0.25, -0.2) is 0 Å². The number of furan rings is 1. The van der Waals surface area contributed by atoms with Crippen LogP contribution < -0.4 is 10.2 Å². The van der Waals surface area contributed by atoms with Crippen molar-refractivity contribution in [3.8, 4) is 17.1 Å². The van der Waals surface area contributed by atoms with Crippen molar-refractivity contribution in [3.05, 3.63) is 64.7 Å². The zero-order valence-electron chi connectivity index (χ0n) is 11.0. The average Bonchev–Trinajstić information content (AvgIpc) is 3.01. The third-order valence-corrected chi connectivity index (χ3v) is 3.17. The highest BCUT2D eigenvalue weighted by molar-refractivity contribution is 6.31. The van der Waals surface area contributed by atoms with Gasteiger partial charge in [0.2, 0.25) is 11.2 Å². The van der Waals surface area contributed by atoms with E-state index in [0.29, 0.717) is 27.3 Å². The van der Waals surface area contributed by atoms with Crippen molar-refractivity contribution in [2.75, 3.05) is 6.61 Å². The van der Waals surface area contributed by atoms with Crippen LogP contribution in [0.4, 0.5) is 0 Å². The van der Waals surface area contributed by atoms with E-state index in [9.17, 15) is 4.79 Å². The number of benzene rings is 1. The minimum absolute atomic E-state index is 0.117. The van der Waals surface area contributed by atoms with Gasteiger partial charge in [0, 0.05) is 5.02 Å². The molecule has 0 fully saturated rings. The first-order valence-corrected chi connectivity index (χ1v) is 6.61. The number of hydrogen-bond donors (Lipinski definition) is 0. The molecule has 0 atom stereocenters. The molecule has 0 aliphatic rings. The van der Waals surface area contributed by atoms with Gasteiger partial charge in [-0.05, 0) is 24.3 Å². The summed E-state index contributed by atoms with van der Waals surface area (Å²) in [7, 11) is 0. The van der Waals surface area contributed by atoms with Gasteiger partial charge in [-0.3, -0.25) is 4.79 Å². The molecule has 0 saturated heterocycles. The summed E-state index contributed by atoms with van der Waals surface area (Å²) >= 11 is 5.93. The van der Waals surface area contributed by atoms with E-state index in [1.807, 2.05) is 0 Å². The fraction of sp³-hybridized carbons (Fsp3) is 0.0625. The normalized spacial score (nSPS) is 10.7. The minimum atomic E-state index is -0.281. The lowest BCUT2D eigenvalue weighted by atomic mass is 10.1. The standard InChI is InChI=1S/C16H11ClO4/c1-2-6-20-16-14(18)12-8-11(17)3-4-13(12)21-15(16)10-5-7-19-9-10/h2-5,7-9H,1,6H2. The smallest absolute Gasteiger partial charge is 0.235 e. The van der Waals surface area contributed by atoms with Crippen LogP contribution in [0.1, 0.15) is 0 Å². The first-order valence-electron chi connectivity index (χ1n) is 6.23. The largest absolute Gasteiger partial charge is 0.482 e. The van der Waals surface area contributed by atoms with Crippen molar-refractivity contribution in [1.82, 2.24) is 0 Å². The maximum Gasteiger partial charge on any atom is 0.235 e. The molecule has 0 radical (unpaired) electrons. The van der Waals surface area contributed by atoms with Gasteiger partial charge < -0.3 is 13.6 Å². The highest BCUT2D eigenvalue weighted by atomic mass is 35.5. The van der Waals surface area contributed by atoms with Crippen molar-refractivity contribution in [3.63, 3.8) is 0 Å². The van der Waals surface area contributed by atoms with Gasteiger partial charge >= 0.3 is 0 Å². The predicted molar refractivity (Wildman–Crippen MR) is 80.9 cm³/mol. The van der Waals surface area contributed by atoms with E-state index in [0.717, 1.165) is 0 Å². The van der Waals surface area contributed by atoms with Gasteiger partial charge in [0.15, 0.2) is 5.76 Å². The molecule has 0 aliphatic heterocycles. The maximum atomic E-state index is 12.6. The summed E-state index contributed by atoms with van der Waals surface area (Å²) in [6, 6.07) is 6.57. The fourth-order valence-corrected chi connectivity index (χ4v) is 2.18. The molecule has 2 aromatic heterocycles. The van der Waals surface area contributed by atoms with Crippen LogP contribution in [0.3, 0.4) is 0 Å². The summed E-state index contributed by atoms with van der Waals surface area (Å²) in [5, 5.41) is 0.828. The van der Waals surface area contributed by atoms with Crippen LogP contribution in [-0.2, 0) is 0 Å². The van der Waals surface area contributed by atoms with Gasteiger partial charge in [0.25, 0.3) is 0 Å². The lowest BCUT2D eigenvalue weighted by Crippen LogP contribution is -2.10. The van der Waals surface area contributed by atoms with E-state index in [1.165, 1.54) is 12.5 Å². The van der Waals surface area contributed by atoms with Crippen LogP contribution in [0.5, 0.6) is 5.75 Å². The second-order valence-electron chi connectivity index (χ2n) is 4.34. The summed E-state index contributed by atoms with van der Waals surface area (Å²) < 4.78 is 16.3. The molecule has 21 heavy (non-hydrogen) atoms. The predicted octanol–water partition coefficient (Wildman–Crippen LogP) is 4.27. The fourth-order valence-electron chi connectivity index (χ4n) is 2.01. The molecular weight excluding hydrogens is 292 g/mol. The van der Waals surface area contributed by atoms with Crippen LogP contribution in [0.2, 0.25) is 5.02 Å². The Balaban J connectivity index is 2.31. The Labute approximate surface area is 125 Å². The summed E-state index contributed by atoms with van der Waals surface area (Å²) in [5.74, 6) is 0.441. The van der Waals surface area contributed by atoms with Crippen LogP contribution in [0.25, 0.3) is 22.3 Å². The van der Waals surface area contributed by atoms with Gasteiger partial charge in [0.05, 0.1) is 17.2 Å². The SMILES string of the molecule is C=CCOc1c(-c2ccoc2)oc2ccc(Cl)cc2c1=O. The van der Waals surface area contributed by atoms with Crippen LogP contribution in [-0.4, -0.2) is 6.61 Å². The summed E-state index contributed by atoms with van der Waals surface area (Å²) in [4.78, 5) is 12.6. The maximum absolute atomic E-state index is 12.6. The van der Waals surface area contributed by atoms with Crippen molar-refractivity contribution < 1.29 is 13.6 Å². The molecule has 4 nitrogen and oxygen atoms in total. The Bertz CT molecular complexity index is 847. The Kier molecular flexibility index (Phi) is 3.54. The van der Waals surface area contributed by atoms with Crippen molar-refractivity contribution in [1.29, 1.82) is 0 Å². The van der Waals surface area contributed by atoms with E-state index < -0.39 is 0 Å². The molecule has 2 heterocycles. The van der Waals surface area contributed by atoms with E-state index in [4.69, 9.17) is 25.2 Å². The monoisotopic (exact) mass is 302 g/mol. The molecule has 5 heteroatoms. The van der Waals surface area contributed by atoms with E-state index in [-0.39, 0.29) is 17.8 Å². The summed E-state index contributed by atoms with van der Waals surface area (Å²) in [6.45, 7) is 3.77. The molecule has 0 aliphatic carbocycles. The van der Waals surface area contributed by atoms with E-state index in [2.05, 4.69) is 6.58 Å². The first-order chi connectivity index (χ1) is 10.2. The highest BCUT2D eigenvalue weighted by Crippen LogP contribution is 2.31. The minimum Gasteiger partial charge on any atom is -0.482 e. The number of halogens is 1. The molecule has 3 rings (SSSR count). The zero-order chi connectivity index (χ0) is 14.8. The first kappa shape index (κ1) is 13.5.